The van der Waals surface area contributed by atoms with Crippen LogP contribution >= 0.6 is 0 Å². The van der Waals surface area contributed by atoms with E-state index < -0.39 is 0 Å². The molecule has 5 heteroatoms. The molecule has 0 saturated carbocycles. The average Bonchev–Trinajstić information content (AvgIpc) is 2.54. The summed E-state index contributed by atoms with van der Waals surface area (Å²) >= 11 is 0. The van der Waals surface area contributed by atoms with Gasteiger partial charge in [0.05, 0.1) is 7.05 Å². The quantitative estimate of drug-likeness (QED) is 0.733. The zero-order valence-electron chi connectivity index (χ0n) is 17.1. The Morgan fingerprint density at radius 1 is 0.778 bits per heavy atom. The molecule has 0 saturated heterocycles. The van der Waals surface area contributed by atoms with Crippen LogP contribution in [-0.4, -0.2) is 32.0 Å². The third-order valence-corrected chi connectivity index (χ3v) is 4.66. The number of carbonyl (C=O) groups is 2. The van der Waals surface area contributed by atoms with Gasteiger partial charge >= 0.3 is 0 Å². The Hall–Kier alpha value is -2.66. The van der Waals surface area contributed by atoms with E-state index in [4.69, 9.17) is 0 Å². The molecule has 0 aromatic heterocycles. The number of carbonyl (C=O) groups excluding carboxylic acids is 2. The molecule has 0 aliphatic heterocycles. The Labute approximate surface area is 161 Å². The summed E-state index contributed by atoms with van der Waals surface area (Å²) in [6.45, 7) is 10.5. The van der Waals surface area contributed by atoms with Crippen LogP contribution in [0.1, 0.15) is 27.8 Å². The smallest absolute Gasteiger partial charge is 0.279 e. The van der Waals surface area contributed by atoms with Gasteiger partial charge in [-0.25, -0.2) is 0 Å². The van der Waals surface area contributed by atoms with E-state index in [2.05, 4.69) is 22.8 Å². The summed E-state index contributed by atoms with van der Waals surface area (Å²) in [6, 6.07) is 9.94. The van der Waals surface area contributed by atoms with Crippen LogP contribution in [0.4, 0.5) is 11.4 Å². The minimum absolute atomic E-state index is 0.0958. The Morgan fingerprint density at radius 3 is 1.89 bits per heavy atom. The molecule has 0 aliphatic rings. The fourth-order valence-corrected chi connectivity index (χ4v) is 3.20. The van der Waals surface area contributed by atoms with Gasteiger partial charge in [0.15, 0.2) is 13.1 Å². The van der Waals surface area contributed by atoms with Crippen molar-refractivity contribution >= 4 is 23.2 Å². The zero-order chi connectivity index (χ0) is 20.1. The highest BCUT2D eigenvalue weighted by molar-refractivity contribution is 5.94. The van der Waals surface area contributed by atoms with Gasteiger partial charge in [-0.15, -0.1) is 0 Å². The van der Waals surface area contributed by atoms with E-state index in [9.17, 15) is 9.59 Å². The average molecular weight is 369 g/mol. The number of aryl methyl sites for hydroxylation is 5. The number of hydrogen-bond acceptors (Lipinski definition) is 2. The van der Waals surface area contributed by atoms with Gasteiger partial charge in [0.1, 0.15) is 0 Å². The summed E-state index contributed by atoms with van der Waals surface area (Å²) in [6.07, 6.45) is 0. The lowest BCUT2D eigenvalue weighted by Gasteiger charge is -2.16. The number of hydrogen-bond donors (Lipinski definition) is 3. The van der Waals surface area contributed by atoms with Crippen LogP contribution < -0.4 is 15.5 Å². The van der Waals surface area contributed by atoms with Gasteiger partial charge in [0.2, 0.25) is 0 Å². The number of anilines is 2. The van der Waals surface area contributed by atoms with Crippen LogP contribution in [-0.2, 0) is 9.59 Å². The molecular formula is C22H30N3O2+. The number of likely N-dealkylation sites (N-methyl/N-ethyl adjacent to an activating group) is 1. The van der Waals surface area contributed by atoms with E-state index in [0.717, 1.165) is 33.0 Å². The maximum Gasteiger partial charge on any atom is 0.279 e. The number of amides is 2. The second-order valence-electron chi connectivity index (χ2n) is 7.48. The summed E-state index contributed by atoms with van der Waals surface area (Å²) in [5, 5.41) is 5.88. The first-order valence-corrected chi connectivity index (χ1v) is 9.22. The van der Waals surface area contributed by atoms with Crippen LogP contribution in [0, 0.1) is 34.6 Å². The van der Waals surface area contributed by atoms with Crippen molar-refractivity contribution in [2.75, 3.05) is 30.8 Å². The Balaban J connectivity index is 1.89. The number of rotatable bonds is 6. The highest BCUT2D eigenvalue weighted by Crippen LogP contribution is 2.21. The summed E-state index contributed by atoms with van der Waals surface area (Å²) in [5.41, 5.74) is 7.24. The van der Waals surface area contributed by atoms with Crippen LogP contribution in [0.15, 0.2) is 30.3 Å². The fourth-order valence-electron chi connectivity index (χ4n) is 3.20. The second kappa shape index (κ2) is 8.82. The Morgan fingerprint density at radius 2 is 1.33 bits per heavy atom. The summed E-state index contributed by atoms with van der Waals surface area (Å²) in [5.74, 6) is -0.201. The van der Waals surface area contributed by atoms with Crippen LogP contribution in [0.25, 0.3) is 0 Å². The van der Waals surface area contributed by atoms with Crippen molar-refractivity contribution in [3.63, 3.8) is 0 Å². The van der Waals surface area contributed by atoms with Crippen molar-refractivity contribution in [1.82, 2.24) is 0 Å². The van der Waals surface area contributed by atoms with E-state index in [1.807, 2.05) is 59.9 Å². The fraction of sp³-hybridized carbons (Fsp3) is 0.364. The molecule has 2 aromatic rings. The van der Waals surface area contributed by atoms with Gasteiger partial charge in [0.25, 0.3) is 11.8 Å². The lowest BCUT2D eigenvalue weighted by molar-refractivity contribution is -0.862. The number of nitrogens with one attached hydrogen (secondary N) is 3. The van der Waals surface area contributed by atoms with Crippen molar-refractivity contribution in [3.8, 4) is 0 Å². The van der Waals surface area contributed by atoms with Gasteiger partial charge in [-0.05, 0) is 69.0 Å². The third kappa shape index (κ3) is 5.93. The molecule has 5 nitrogen and oxygen atoms in total. The highest BCUT2D eigenvalue weighted by Gasteiger charge is 2.16. The molecule has 3 N–H and O–H groups in total. The lowest BCUT2D eigenvalue weighted by Crippen LogP contribution is -3.11. The van der Waals surface area contributed by atoms with Gasteiger partial charge in [-0.1, -0.05) is 23.8 Å². The topological polar surface area (TPSA) is 62.6 Å². The van der Waals surface area contributed by atoms with Crippen molar-refractivity contribution in [2.24, 2.45) is 0 Å². The SMILES string of the molecule is Cc1cc(C)c(NC(=O)C[NH+](C)CC(=O)Nc2ccc(C)c(C)c2)c(C)c1. The van der Waals surface area contributed by atoms with E-state index in [1.165, 1.54) is 11.1 Å². The third-order valence-electron chi connectivity index (χ3n) is 4.66. The molecule has 0 fully saturated rings. The molecule has 144 valence electrons. The number of quaternary nitrogens is 1. The van der Waals surface area contributed by atoms with Gasteiger partial charge in [-0.2, -0.15) is 0 Å². The van der Waals surface area contributed by atoms with Gasteiger partial charge in [-0.3, -0.25) is 9.59 Å². The molecular weight excluding hydrogens is 338 g/mol. The minimum atomic E-state index is -0.105. The van der Waals surface area contributed by atoms with Gasteiger partial charge in [0, 0.05) is 11.4 Å². The van der Waals surface area contributed by atoms with E-state index in [0.29, 0.717) is 0 Å². The van der Waals surface area contributed by atoms with Crippen LogP contribution in [0.2, 0.25) is 0 Å². The second-order valence-corrected chi connectivity index (χ2v) is 7.48. The first-order valence-electron chi connectivity index (χ1n) is 9.22. The van der Waals surface area contributed by atoms with Crippen molar-refractivity contribution in [3.05, 3.63) is 58.1 Å². The molecule has 0 aliphatic carbocycles. The molecule has 0 radical (unpaired) electrons. The first kappa shape index (κ1) is 20.6. The first-order chi connectivity index (χ1) is 12.7. The Kier molecular flexibility index (Phi) is 6.75. The molecule has 2 amide bonds. The van der Waals surface area contributed by atoms with E-state index in [1.54, 1.807) is 0 Å². The molecule has 2 rings (SSSR count). The largest absolute Gasteiger partial charge is 0.322 e. The lowest BCUT2D eigenvalue weighted by atomic mass is 10.1. The maximum absolute atomic E-state index is 12.4. The van der Waals surface area contributed by atoms with E-state index >= 15 is 0 Å². The zero-order valence-corrected chi connectivity index (χ0v) is 17.1. The molecule has 0 bridgehead atoms. The van der Waals surface area contributed by atoms with Crippen molar-refractivity contribution < 1.29 is 14.5 Å². The van der Waals surface area contributed by atoms with E-state index in [-0.39, 0.29) is 24.9 Å². The van der Waals surface area contributed by atoms with Crippen molar-refractivity contribution in [1.29, 1.82) is 0 Å². The van der Waals surface area contributed by atoms with Gasteiger partial charge < -0.3 is 15.5 Å². The molecule has 2 aromatic carbocycles. The molecule has 1 unspecified atom stereocenters. The molecule has 27 heavy (non-hydrogen) atoms. The molecule has 0 heterocycles. The summed E-state index contributed by atoms with van der Waals surface area (Å²) in [7, 11) is 1.84. The van der Waals surface area contributed by atoms with Crippen molar-refractivity contribution in [2.45, 2.75) is 34.6 Å². The predicted molar refractivity (Wildman–Crippen MR) is 110 cm³/mol. The summed E-state index contributed by atoms with van der Waals surface area (Å²) in [4.78, 5) is 25.4. The van der Waals surface area contributed by atoms with Crippen LogP contribution in [0.5, 0.6) is 0 Å². The maximum atomic E-state index is 12.4. The Bertz CT molecular complexity index is 836. The molecule has 1 atom stereocenters. The highest BCUT2D eigenvalue weighted by atomic mass is 16.2. The number of benzene rings is 2. The normalized spacial score (nSPS) is 11.8. The standard InChI is InChI=1S/C22H29N3O2/c1-14-9-17(4)22(18(5)10-14)24-21(27)13-25(6)12-20(26)23-19-8-7-15(2)16(3)11-19/h7-11H,12-13H2,1-6H3,(H,23,26)(H,24,27)/p+1. The predicted octanol–water partition coefficient (Wildman–Crippen LogP) is 2.32. The summed E-state index contributed by atoms with van der Waals surface area (Å²) < 4.78 is 0. The molecule has 0 spiro atoms. The minimum Gasteiger partial charge on any atom is -0.322 e. The van der Waals surface area contributed by atoms with Crippen LogP contribution in [0.3, 0.4) is 0 Å². The monoisotopic (exact) mass is 368 g/mol.